The van der Waals surface area contributed by atoms with E-state index in [0.29, 0.717) is 18.6 Å². The molecule has 1 aliphatic rings. The lowest BCUT2D eigenvalue weighted by Gasteiger charge is -2.31. The van der Waals surface area contributed by atoms with Crippen molar-refractivity contribution in [2.75, 3.05) is 27.4 Å². The topological polar surface area (TPSA) is 113 Å². The Morgan fingerprint density at radius 3 is 1.82 bits per heavy atom. The third-order valence-corrected chi connectivity index (χ3v) is 6.32. The number of hydrogen-bond acceptors (Lipinski definition) is 9. The molecule has 1 fully saturated rings. The molecule has 38 heavy (non-hydrogen) atoms. The second kappa shape index (κ2) is 12.4. The molecule has 0 unspecified atom stereocenters. The highest BCUT2D eigenvalue weighted by Crippen LogP contribution is 2.32. The summed E-state index contributed by atoms with van der Waals surface area (Å²) in [6.07, 6.45) is -0.149. The zero-order valence-corrected chi connectivity index (χ0v) is 21.3. The Morgan fingerprint density at radius 2 is 1.32 bits per heavy atom. The second-order valence-electron chi connectivity index (χ2n) is 8.75. The number of carbonyl (C=O) groups is 2. The van der Waals surface area contributed by atoms with Gasteiger partial charge in [-0.25, -0.2) is 14.9 Å². The average molecular weight is 522 g/mol. The third-order valence-electron chi connectivity index (χ3n) is 6.32. The van der Waals surface area contributed by atoms with Gasteiger partial charge in [-0.2, -0.15) is 0 Å². The van der Waals surface area contributed by atoms with Crippen molar-refractivity contribution < 1.29 is 38.4 Å². The Balaban J connectivity index is 1.43. The van der Waals surface area contributed by atoms with E-state index in [1.807, 2.05) is 54.6 Å². The minimum Gasteiger partial charge on any atom is -0.497 e. The fraction of sp³-hybridized carbons (Fsp3) is 0.310. The van der Waals surface area contributed by atoms with Crippen LogP contribution >= 0.6 is 0 Å². The Kier molecular flexibility index (Phi) is 8.83. The van der Waals surface area contributed by atoms with E-state index in [9.17, 15) is 14.7 Å². The number of aliphatic hydroxyl groups excluding tert-OH is 1. The van der Waals surface area contributed by atoms with E-state index >= 15 is 0 Å². The SMILES string of the molecule is COc1ccc(C(CCCNC2([C@@H](O)COc3ccccc3)OC(=O)C(=O)O2)c2ccc(OC)cc2)cc1. The van der Waals surface area contributed by atoms with Crippen molar-refractivity contribution in [2.24, 2.45) is 0 Å². The van der Waals surface area contributed by atoms with Gasteiger partial charge in [0, 0.05) is 12.5 Å². The van der Waals surface area contributed by atoms with Gasteiger partial charge in [0.2, 0.25) is 0 Å². The molecule has 0 bridgehead atoms. The van der Waals surface area contributed by atoms with Gasteiger partial charge in [-0.15, -0.1) is 0 Å². The van der Waals surface area contributed by atoms with Crippen LogP contribution in [0.1, 0.15) is 29.9 Å². The van der Waals surface area contributed by atoms with Crippen molar-refractivity contribution in [3.8, 4) is 17.2 Å². The lowest BCUT2D eigenvalue weighted by Crippen LogP contribution is -2.58. The number of carbonyl (C=O) groups excluding carboxylic acids is 2. The Bertz CT molecular complexity index is 1130. The number of ether oxygens (including phenoxy) is 5. The van der Waals surface area contributed by atoms with Gasteiger partial charge in [0.15, 0.2) is 6.10 Å². The van der Waals surface area contributed by atoms with Gasteiger partial charge in [0.25, 0.3) is 0 Å². The maximum Gasteiger partial charge on any atom is 0.422 e. The molecule has 4 rings (SSSR count). The van der Waals surface area contributed by atoms with Crippen LogP contribution in [0.4, 0.5) is 0 Å². The molecule has 1 atom stereocenters. The summed E-state index contributed by atoms with van der Waals surface area (Å²) >= 11 is 0. The van der Waals surface area contributed by atoms with Crippen LogP contribution < -0.4 is 19.5 Å². The highest BCUT2D eigenvalue weighted by atomic mass is 16.8. The largest absolute Gasteiger partial charge is 0.497 e. The van der Waals surface area contributed by atoms with E-state index in [0.717, 1.165) is 22.6 Å². The quantitative estimate of drug-likeness (QED) is 0.199. The molecule has 0 amide bonds. The number of para-hydroxylation sites is 1. The van der Waals surface area contributed by atoms with Gasteiger partial charge in [0.1, 0.15) is 23.9 Å². The van der Waals surface area contributed by atoms with Crippen LogP contribution in [0.5, 0.6) is 17.2 Å². The van der Waals surface area contributed by atoms with Gasteiger partial charge in [-0.3, -0.25) is 0 Å². The number of nitrogens with one attached hydrogen (secondary N) is 1. The van der Waals surface area contributed by atoms with Crippen molar-refractivity contribution in [2.45, 2.75) is 30.8 Å². The summed E-state index contributed by atoms with van der Waals surface area (Å²) in [5.74, 6) is -2.29. The van der Waals surface area contributed by atoms with Crippen LogP contribution in [0, 0.1) is 0 Å². The highest BCUT2D eigenvalue weighted by Gasteiger charge is 2.54. The molecular formula is C29H31NO8. The number of methoxy groups -OCH3 is 2. The molecule has 1 heterocycles. The van der Waals surface area contributed by atoms with E-state index < -0.39 is 24.0 Å². The van der Waals surface area contributed by atoms with Crippen LogP contribution in [0.25, 0.3) is 0 Å². The third kappa shape index (κ3) is 6.42. The number of benzene rings is 3. The summed E-state index contributed by atoms with van der Waals surface area (Å²) in [7, 11) is 3.25. The van der Waals surface area contributed by atoms with Crippen LogP contribution in [0.15, 0.2) is 78.9 Å². The summed E-state index contributed by atoms with van der Waals surface area (Å²) in [6.45, 7) is 0.0175. The average Bonchev–Trinajstić information content (AvgIpc) is 3.26. The van der Waals surface area contributed by atoms with Gasteiger partial charge in [-0.05, 0) is 60.4 Å². The number of rotatable bonds is 13. The smallest absolute Gasteiger partial charge is 0.422 e. The lowest BCUT2D eigenvalue weighted by atomic mass is 9.87. The van der Waals surface area contributed by atoms with E-state index in [2.05, 4.69) is 5.32 Å². The summed E-state index contributed by atoms with van der Waals surface area (Å²) in [6, 6.07) is 24.6. The molecule has 9 nitrogen and oxygen atoms in total. The molecule has 3 aromatic rings. The summed E-state index contributed by atoms with van der Waals surface area (Å²) < 4.78 is 26.5. The van der Waals surface area contributed by atoms with Crippen LogP contribution in [0.2, 0.25) is 0 Å². The normalized spacial score (nSPS) is 15.1. The van der Waals surface area contributed by atoms with Crippen molar-refractivity contribution in [1.82, 2.24) is 5.32 Å². The number of cyclic esters (lactones) is 2. The molecule has 9 heteroatoms. The first-order chi connectivity index (χ1) is 18.4. The zero-order chi connectivity index (χ0) is 27.0. The molecule has 200 valence electrons. The van der Waals surface area contributed by atoms with Gasteiger partial charge >= 0.3 is 17.8 Å². The Morgan fingerprint density at radius 1 is 0.789 bits per heavy atom. The summed E-state index contributed by atoms with van der Waals surface area (Å²) in [4.78, 5) is 23.7. The first-order valence-electron chi connectivity index (χ1n) is 12.3. The monoisotopic (exact) mass is 521 g/mol. The van der Waals surface area contributed by atoms with E-state index in [1.54, 1.807) is 38.5 Å². The number of aliphatic hydroxyl groups is 1. The van der Waals surface area contributed by atoms with E-state index in [4.69, 9.17) is 23.7 Å². The van der Waals surface area contributed by atoms with Crippen molar-refractivity contribution in [1.29, 1.82) is 0 Å². The molecule has 0 spiro atoms. The van der Waals surface area contributed by atoms with Gasteiger partial charge in [-0.1, -0.05) is 42.5 Å². The molecule has 0 radical (unpaired) electrons. The molecule has 0 saturated carbocycles. The summed E-state index contributed by atoms with van der Waals surface area (Å²) in [5.41, 5.74) is 2.20. The minimum atomic E-state index is -2.03. The second-order valence-corrected chi connectivity index (χ2v) is 8.75. The fourth-order valence-corrected chi connectivity index (χ4v) is 4.27. The molecule has 3 aromatic carbocycles. The molecule has 2 N–H and O–H groups in total. The lowest BCUT2D eigenvalue weighted by molar-refractivity contribution is -0.240. The summed E-state index contributed by atoms with van der Waals surface area (Å²) in [5, 5.41) is 13.7. The predicted molar refractivity (Wildman–Crippen MR) is 138 cm³/mol. The van der Waals surface area contributed by atoms with Crippen LogP contribution in [-0.4, -0.2) is 56.4 Å². The highest BCUT2D eigenvalue weighted by molar-refractivity contribution is 6.31. The van der Waals surface area contributed by atoms with Crippen LogP contribution in [0.3, 0.4) is 0 Å². The van der Waals surface area contributed by atoms with E-state index in [-0.39, 0.29) is 19.1 Å². The van der Waals surface area contributed by atoms with Crippen molar-refractivity contribution in [3.63, 3.8) is 0 Å². The minimum absolute atomic E-state index is 0.0459. The van der Waals surface area contributed by atoms with E-state index in [1.165, 1.54) is 0 Å². The predicted octanol–water partition coefficient (Wildman–Crippen LogP) is 3.40. The molecule has 0 aromatic heterocycles. The number of esters is 2. The van der Waals surface area contributed by atoms with Crippen molar-refractivity contribution >= 4 is 11.9 Å². The molecular weight excluding hydrogens is 490 g/mol. The standard InChI is InChI=1S/C29H31NO8/c1-34-22-14-10-20(11-15-22)25(21-12-16-23(35-2)17-13-21)9-6-18-30-29(37-27(32)28(33)38-29)26(31)19-36-24-7-4-3-5-8-24/h3-5,7-8,10-17,25-26,30-31H,6,9,18-19H2,1-2H3/t26-/m0/s1. The first kappa shape index (κ1) is 27.0. The molecule has 0 aliphatic carbocycles. The Labute approximate surface area is 221 Å². The zero-order valence-electron chi connectivity index (χ0n) is 21.3. The fourth-order valence-electron chi connectivity index (χ4n) is 4.27. The Hall–Kier alpha value is -4.08. The van der Waals surface area contributed by atoms with Gasteiger partial charge < -0.3 is 28.8 Å². The molecule has 1 saturated heterocycles. The molecule has 1 aliphatic heterocycles. The van der Waals surface area contributed by atoms with Crippen LogP contribution in [-0.2, 0) is 19.1 Å². The maximum atomic E-state index is 11.9. The maximum absolute atomic E-state index is 11.9. The van der Waals surface area contributed by atoms with Crippen molar-refractivity contribution in [3.05, 3.63) is 90.0 Å². The number of hydrogen-bond donors (Lipinski definition) is 2. The first-order valence-corrected chi connectivity index (χ1v) is 12.3. The van der Waals surface area contributed by atoms with Gasteiger partial charge in [0.05, 0.1) is 14.2 Å².